The number of carbonyl (C=O) groups is 1. The van der Waals surface area contributed by atoms with Crippen molar-refractivity contribution in [1.82, 2.24) is 20.2 Å². The van der Waals surface area contributed by atoms with E-state index >= 15 is 0 Å². The highest BCUT2D eigenvalue weighted by atomic mass is 32.2. The molecule has 0 radical (unpaired) electrons. The summed E-state index contributed by atoms with van der Waals surface area (Å²) >= 11 is 1.44. The van der Waals surface area contributed by atoms with E-state index in [1.807, 2.05) is 6.92 Å². The molecule has 0 bridgehead atoms. The molecule has 0 spiro atoms. The number of nitrogens with one attached hydrogen (secondary N) is 1. The van der Waals surface area contributed by atoms with Crippen LogP contribution in [-0.2, 0) is 17.1 Å². The molecule has 1 aromatic heterocycles. The summed E-state index contributed by atoms with van der Waals surface area (Å²) in [5.74, 6) is 0.740. The highest BCUT2D eigenvalue weighted by Gasteiger charge is 2.16. The minimum absolute atomic E-state index is 0.176. The Labute approximate surface area is 132 Å². The Balaban J connectivity index is 1.87. The van der Waals surface area contributed by atoms with E-state index in [1.165, 1.54) is 23.9 Å². The lowest BCUT2D eigenvalue weighted by Crippen LogP contribution is -2.23. The second-order valence-electron chi connectivity index (χ2n) is 4.77. The van der Waals surface area contributed by atoms with E-state index in [0.717, 1.165) is 18.8 Å². The fourth-order valence-electron chi connectivity index (χ4n) is 1.80. The first-order valence-corrected chi connectivity index (χ1v) is 8.08. The SMILES string of the molecule is CCCn1nnnc1CS[C@H](C)C(=O)Nc1cccc(F)c1. The van der Waals surface area contributed by atoms with E-state index in [9.17, 15) is 9.18 Å². The summed E-state index contributed by atoms with van der Waals surface area (Å²) in [5.41, 5.74) is 0.452. The minimum atomic E-state index is -0.378. The van der Waals surface area contributed by atoms with Gasteiger partial charge in [-0.3, -0.25) is 4.79 Å². The number of aryl methyl sites for hydroxylation is 1. The molecule has 0 aliphatic carbocycles. The van der Waals surface area contributed by atoms with Crippen LogP contribution < -0.4 is 5.32 Å². The van der Waals surface area contributed by atoms with Crippen molar-refractivity contribution in [2.45, 2.75) is 37.8 Å². The van der Waals surface area contributed by atoms with Gasteiger partial charge in [-0.2, -0.15) is 0 Å². The molecule has 2 aromatic rings. The molecule has 2 rings (SSSR count). The van der Waals surface area contributed by atoms with Gasteiger partial charge in [0.2, 0.25) is 5.91 Å². The fourth-order valence-corrected chi connectivity index (χ4v) is 2.61. The van der Waals surface area contributed by atoms with Gasteiger partial charge < -0.3 is 5.32 Å². The highest BCUT2D eigenvalue weighted by molar-refractivity contribution is 7.99. The van der Waals surface area contributed by atoms with Gasteiger partial charge >= 0.3 is 0 Å². The van der Waals surface area contributed by atoms with Gasteiger partial charge in [0.05, 0.1) is 11.0 Å². The number of thioether (sulfide) groups is 1. The second-order valence-corrected chi connectivity index (χ2v) is 6.10. The van der Waals surface area contributed by atoms with Gasteiger partial charge in [-0.1, -0.05) is 13.0 Å². The number of aromatic nitrogens is 4. The molecule has 6 nitrogen and oxygen atoms in total. The Kier molecular flexibility index (Phi) is 5.88. The van der Waals surface area contributed by atoms with E-state index < -0.39 is 0 Å². The number of benzene rings is 1. The van der Waals surface area contributed by atoms with Crippen LogP contribution in [0.25, 0.3) is 0 Å². The van der Waals surface area contributed by atoms with E-state index in [2.05, 4.69) is 20.8 Å². The summed E-state index contributed by atoms with van der Waals surface area (Å²) in [6, 6.07) is 5.83. The molecule has 1 N–H and O–H groups in total. The van der Waals surface area contributed by atoms with Gasteiger partial charge in [0.1, 0.15) is 5.82 Å². The van der Waals surface area contributed by atoms with Crippen LogP contribution in [0.1, 0.15) is 26.1 Å². The van der Waals surface area contributed by atoms with Gasteiger partial charge in [-0.05, 0) is 42.0 Å². The zero-order valence-electron chi connectivity index (χ0n) is 12.5. The van der Waals surface area contributed by atoms with Crippen molar-refractivity contribution in [2.24, 2.45) is 0 Å². The summed E-state index contributed by atoms with van der Waals surface area (Å²) in [6.07, 6.45) is 0.943. The summed E-state index contributed by atoms with van der Waals surface area (Å²) in [7, 11) is 0. The quantitative estimate of drug-likeness (QED) is 0.847. The van der Waals surface area contributed by atoms with E-state index in [0.29, 0.717) is 11.4 Å². The maximum absolute atomic E-state index is 13.1. The summed E-state index contributed by atoms with van der Waals surface area (Å²) in [4.78, 5) is 12.1. The number of amides is 1. The Morgan fingerprint density at radius 1 is 1.50 bits per heavy atom. The number of hydrogen-bond acceptors (Lipinski definition) is 5. The molecule has 0 unspecified atom stereocenters. The lowest BCUT2D eigenvalue weighted by Gasteiger charge is -2.12. The lowest BCUT2D eigenvalue weighted by atomic mass is 10.3. The van der Waals surface area contributed by atoms with Crippen LogP contribution in [-0.4, -0.2) is 31.4 Å². The first-order chi connectivity index (χ1) is 10.6. The molecule has 0 aliphatic heterocycles. The molecule has 1 amide bonds. The number of nitrogens with zero attached hydrogens (tertiary/aromatic N) is 4. The van der Waals surface area contributed by atoms with Crippen molar-refractivity contribution in [2.75, 3.05) is 5.32 Å². The largest absolute Gasteiger partial charge is 0.325 e. The number of hydrogen-bond donors (Lipinski definition) is 1. The lowest BCUT2D eigenvalue weighted by molar-refractivity contribution is -0.115. The molecule has 0 aliphatic rings. The first kappa shape index (κ1) is 16.4. The predicted octanol–water partition coefficient (Wildman–Crippen LogP) is 2.48. The van der Waals surface area contributed by atoms with Crippen LogP contribution in [0.3, 0.4) is 0 Å². The predicted molar refractivity (Wildman–Crippen MR) is 83.9 cm³/mol. The summed E-state index contributed by atoms with van der Waals surface area (Å²) in [5, 5.41) is 13.9. The Morgan fingerprint density at radius 2 is 2.32 bits per heavy atom. The Bertz CT molecular complexity index is 633. The molecule has 0 saturated heterocycles. The van der Waals surface area contributed by atoms with Crippen molar-refractivity contribution >= 4 is 23.4 Å². The number of halogens is 1. The first-order valence-electron chi connectivity index (χ1n) is 7.03. The second kappa shape index (κ2) is 7.88. The minimum Gasteiger partial charge on any atom is -0.325 e. The molecule has 118 valence electrons. The van der Waals surface area contributed by atoms with Crippen LogP contribution in [0, 0.1) is 5.82 Å². The van der Waals surface area contributed by atoms with E-state index in [4.69, 9.17) is 0 Å². The highest BCUT2D eigenvalue weighted by Crippen LogP contribution is 2.18. The van der Waals surface area contributed by atoms with E-state index in [-0.39, 0.29) is 17.0 Å². The van der Waals surface area contributed by atoms with Gasteiger partial charge in [-0.15, -0.1) is 16.9 Å². The fraction of sp³-hybridized carbons (Fsp3) is 0.429. The molecule has 1 aromatic carbocycles. The van der Waals surface area contributed by atoms with Gasteiger partial charge in [-0.25, -0.2) is 9.07 Å². The van der Waals surface area contributed by atoms with Gasteiger partial charge in [0.25, 0.3) is 0 Å². The van der Waals surface area contributed by atoms with Crippen LogP contribution in [0.5, 0.6) is 0 Å². The van der Waals surface area contributed by atoms with Crippen molar-refractivity contribution in [1.29, 1.82) is 0 Å². The maximum Gasteiger partial charge on any atom is 0.237 e. The molecular formula is C14H18FN5OS. The molecule has 8 heteroatoms. The molecule has 1 atom stereocenters. The van der Waals surface area contributed by atoms with Crippen LogP contribution >= 0.6 is 11.8 Å². The Hall–Kier alpha value is -1.96. The Morgan fingerprint density at radius 3 is 3.05 bits per heavy atom. The number of tetrazole rings is 1. The van der Waals surface area contributed by atoms with Gasteiger partial charge in [0, 0.05) is 12.2 Å². The van der Waals surface area contributed by atoms with Crippen LogP contribution in [0.4, 0.5) is 10.1 Å². The van der Waals surface area contributed by atoms with Crippen LogP contribution in [0.15, 0.2) is 24.3 Å². The molecule has 0 saturated carbocycles. The van der Waals surface area contributed by atoms with Crippen LogP contribution in [0.2, 0.25) is 0 Å². The number of carbonyl (C=O) groups excluding carboxylic acids is 1. The maximum atomic E-state index is 13.1. The summed E-state index contributed by atoms with van der Waals surface area (Å²) < 4.78 is 14.8. The average Bonchev–Trinajstić information content (AvgIpc) is 2.92. The van der Waals surface area contributed by atoms with Crippen molar-refractivity contribution in [3.63, 3.8) is 0 Å². The smallest absolute Gasteiger partial charge is 0.237 e. The number of anilines is 1. The molecular weight excluding hydrogens is 305 g/mol. The van der Waals surface area contributed by atoms with E-state index in [1.54, 1.807) is 23.7 Å². The number of rotatable bonds is 7. The zero-order chi connectivity index (χ0) is 15.9. The van der Waals surface area contributed by atoms with Crippen molar-refractivity contribution < 1.29 is 9.18 Å². The molecule has 1 heterocycles. The third-order valence-electron chi connectivity index (χ3n) is 2.97. The van der Waals surface area contributed by atoms with Crippen molar-refractivity contribution in [3.05, 3.63) is 35.9 Å². The molecule has 0 fully saturated rings. The van der Waals surface area contributed by atoms with Crippen molar-refractivity contribution in [3.8, 4) is 0 Å². The zero-order valence-corrected chi connectivity index (χ0v) is 13.3. The monoisotopic (exact) mass is 323 g/mol. The normalized spacial score (nSPS) is 12.1. The topological polar surface area (TPSA) is 72.7 Å². The molecule has 22 heavy (non-hydrogen) atoms. The third-order valence-corrected chi connectivity index (χ3v) is 4.10. The standard InChI is InChI=1S/C14H18FN5OS/c1-3-7-20-13(17-18-19-20)9-22-10(2)14(21)16-12-6-4-5-11(15)8-12/h4-6,8,10H,3,7,9H2,1-2H3,(H,16,21)/t10-/m1/s1. The van der Waals surface area contributed by atoms with Gasteiger partial charge in [0.15, 0.2) is 5.82 Å². The summed E-state index contributed by atoms with van der Waals surface area (Å²) in [6.45, 7) is 4.60. The third kappa shape index (κ3) is 4.52. The average molecular weight is 323 g/mol.